The lowest BCUT2D eigenvalue weighted by molar-refractivity contribution is -0.297. The number of ether oxygens (including phenoxy) is 1. The molecule has 1 N–H and O–H groups in total. The van der Waals surface area contributed by atoms with Gasteiger partial charge in [-0.1, -0.05) is 37.3 Å². The second-order valence-corrected chi connectivity index (χ2v) is 6.44. The maximum absolute atomic E-state index is 13.7. The number of nitrogens with zero attached hydrogens (tertiary/aromatic N) is 2. The van der Waals surface area contributed by atoms with Crippen molar-refractivity contribution >= 4 is 11.6 Å². The van der Waals surface area contributed by atoms with Gasteiger partial charge in [0.05, 0.1) is 19.2 Å². The maximum atomic E-state index is 13.7. The van der Waals surface area contributed by atoms with E-state index in [9.17, 15) is 23.1 Å². The Morgan fingerprint density at radius 3 is 2.50 bits per heavy atom. The number of aliphatic hydroxyl groups is 1. The number of alkyl halides is 3. The summed E-state index contributed by atoms with van der Waals surface area (Å²) in [5.74, 6) is -0.765. The van der Waals surface area contributed by atoms with E-state index in [-0.39, 0.29) is 16.3 Å². The van der Waals surface area contributed by atoms with Crippen LogP contribution in [0.1, 0.15) is 34.8 Å². The van der Waals surface area contributed by atoms with Crippen LogP contribution in [-0.4, -0.2) is 40.7 Å². The van der Waals surface area contributed by atoms with Gasteiger partial charge in [-0.2, -0.15) is 23.3 Å². The van der Waals surface area contributed by atoms with Crippen LogP contribution in [0.25, 0.3) is 0 Å². The maximum Gasteiger partial charge on any atom is 0.438 e. The van der Waals surface area contributed by atoms with Crippen molar-refractivity contribution in [1.82, 2.24) is 5.01 Å². The summed E-state index contributed by atoms with van der Waals surface area (Å²) in [6.45, 7) is 1.96. The smallest absolute Gasteiger partial charge is 0.438 e. The monoisotopic (exact) mass is 392 g/mol. The Labute approximate surface area is 160 Å². The van der Waals surface area contributed by atoms with Gasteiger partial charge in [0.25, 0.3) is 11.6 Å². The molecule has 0 aliphatic carbocycles. The number of carbonyl (C=O) groups excluding carboxylic acids is 1. The number of aryl methyl sites for hydroxylation is 1. The van der Waals surface area contributed by atoms with E-state index >= 15 is 0 Å². The van der Waals surface area contributed by atoms with Gasteiger partial charge in [0, 0.05) is 5.56 Å². The third-order valence-corrected chi connectivity index (χ3v) is 4.64. The molecule has 148 valence electrons. The highest BCUT2D eigenvalue weighted by molar-refractivity contribution is 6.05. The normalized spacial score (nSPS) is 19.5. The van der Waals surface area contributed by atoms with Crippen molar-refractivity contribution < 1.29 is 27.8 Å². The zero-order valence-electron chi connectivity index (χ0n) is 15.3. The van der Waals surface area contributed by atoms with Crippen LogP contribution in [0.3, 0.4) is 0 Å². The highest BCUT2D eigenvalue weighted by atomic mass is 19.4. The van der Waals surface area contributed by atoms with Crippen LogP contribution >= 0.6 is 0 Å². The van der Waals surface area contributed by atoms with Gasteiger partial charge in [-0.3, -0.25) is 4.79 Å². The summed E-state index contributed by atoms with van der Waals surface area (Å²) in [5.41, 5.74) is -2.09. The van der Waals surface area contributed by atoms with E-state index < -0.39 is 24.2 Å². The zero-order valence-corrected chi connectivity index (χ0v) is 15.3. The predicted molar refractivity (Wildman–Crippen MR) is 97.1 cm³/mol. The molecule has 0 aromatic heterocycles. The van der Waals surface area contributed by atoms with Crippen LogP contribution in [0.5, 0.6) is 5.75 Å². The third kappa shape index (κ3) is 3.47. The Kier molecular flexibility index (Phi) is 5.16. The summed E-state index contributed by atoms with van der Waals surface area (Å²) in [7, 11) is 1.38. The molecular weight excluding hydrogens is 373 g/mol. The standard InChI is InChI=1S/C20H19F3N2O3/c1-3-13-7-9-14(10-8-13)17-12-19(27,20(21,22)23)25(24-17)18(26)15-5-4-6-16(11-15)28-2/h4-11,27H,3,12H2,1-2H3/t19-/m0/s1. The molecule has 0 unspecified atom stereocenters. The fourth-order valence-corrected chi connectivity index (χ4v) is 2.95. The number of methoxy groups -OCH3 is 1. The first-order valence-electron chi connectivity index (χ1n) is 8.64. The Morgan fingerprint density at radius 1 is 1.25 bits per heavy atom. The molecule has 1 heterocycles. The SMILES string of the molecule is CCc1ccc(C2=NN(C(=O)c3cccc(OC)c3)[C@@](O)(C(F)(F)F)C2)cc1. The Morgan fingerprint density at radius 2 is 1.93 bits per heavy atom. The minimum absolute atomic E-state index is 0.0151. The molecule has 0 saturated carbocycles. The van der Waals surface area contributed by atoms with Crippen molar-refractivity contribution in [3.8, 4) is 5.75 Å². The molecule has 1 aliphatic heterocycles. The zero-order chi connectivity index (χ0) is 20.5. The van der Waals surface area contributed by atoms with E-state index in [0.29, 0.717) is 11.3 Å². The van der Waals surface area contributed by atoms with Crippen LogP contribution in [0, 0.1) is 0 Å². The van der Waals surface area contributed by atoms with Crippen LogP contribution in [0.4, 0.5) is 13.2 Å². The quantitative estimate of drug-likeness (QED) is 0.862. The molecule has 0 radical (unpaired) electrons. The van der Waals surface area contributed by atoms with Crippen molar-refractivity contribution in [3.05, 3.63) is 65.2 Å². The largest absolute Gasteiger partial charge is 0.497 e. The lowest BCUT2D eigenvalue weighted by Crippen LogP contribution is -2.56. The molecule has 2 aromatic carbocycles. The molecule has 2 aromatic rings. The molecule has 0 saturated heterocycles. The predicted octanol–water partition coefficient (Wildman–Crippen LogP) is 3.76. The lowest BCUT2D eigenvalue weighted by Gasteiger charge is -2.32. The first-order chi connectivity index (χ1) is 13.2. The Balaban J connectivity index is 2.02. The number of hydrogen-bond acceptors (Lipinski definition) is 4. The lowest BCUT2D eigenvalue weighted by atomic mass is 9.99. The molecule has 1 amide bonds. The van der Waals surface area contributed by atoms with Gasteiger partial charge in [0.2, 0.25) is 0 Å². The molecule has 1 atom stereocenters. The van der Waals surface area contributed by atoms with E-state index in [1.54, 1.807) is 30.3 Å². The Bertz CT molecular complexity index is 910. The molecule has 0 fully saturated rings. The molecule has 1 aliphatic rings. The summed E-state index contributed by atoms with van der Waals surface area (Å²) in [4.78, 5) is 12.8. The second kappa shape index (κ2) is 7.27. The first-order valence-corrected chi connectivity index (χ1v) is 8.64. The van der Waals surface area contributed by atoms with E-state index in [1.165, 1.54) is 25.3 Å². The number of carbonyl (C=O) groups is 1. The van der Waals surface area contributed by atoms with Gasteiger partial charge in [-0.05, 0) is 35.7 Å². The molecule has 3 rings (SSSR count). The summed E-state index contributed by atoms with van der Waals surface area (Å²) < 4.78 is 46.1. The van der Waals surface area contributed by atoms with Crippen LogP contribution in [-0.2, 0) is 6.42 Å². The van der Waals surface area contributed by atoms with Gasteiger partial charge in [-0.25, -0.2) is 0 Å². The van der Waals surface area contributed by atoms with Crippen LogP contribution < -0.4 is 4.74 Å². The van der Waals surface area contributed by atoms with Crippen molar-refractivity contribution in [1.29, 1.82) is 0 Å². The van der Waals surface area contributed by atoms with Crippen molar-refractivity contribution in [2.45, 2.75) is 31.7 Å². The summed E-state index contributed by atoms with van der Waals surface area (Å²) >= 11 is 0. The number of benzene rings is 2. The van der Waals surface area contributed by atoms with Crippen molar-refractivity contribution in [2.24, 2.45) is 5.10 Å². The number of halogens is 3. The molecule has 5 nitrogen and oxygen atoms in total. The second-order valence-electron chi connectivity index (χ2n) is 6.44. The van der Waals surface area contributed by atoms with Gasteiger partial charge in [0.1, 0.15) is 5.75 Å². The highest BCUT2D eigenvalue weighted by Gasteiger charge is 2.63. The summed E-state index contributed by atoms with van der Waals surface area (Å²) in [6, 6.07) is 12.5. The van der Waals surface area contributed by atoms with Gasteiger partial charge >= 0.3 is 6.18 Å². The van der Waals surface area contributed by atoms with E-state index in [1.807, 2.05) is 6.92 Å². The van der Waals surface area contributed by atoms with E-state index in [4.69, 9.17) is 4.74 Å². The molecule has 28 heavy (non-hydrogen) atoms. The number of rotatable bonds is 4. The Hall–Kier alpha value is -2.87. The van der Waals surface area contributed by atoms with Crippen molar-refractivity contribution in [3.63, 3.8) is 0 Å². The van der Waals surface area contributed by atoms with Gasteiger partial charge < -0.3 is 9.84 Å². The van der Waals surface area contributed by atoms with Crippen LogP contribution in [0.15, 0.2) is 53.6 Å². The number of hydrogen-bond donors (Lipinski definition) is 1. The van der Waals surface area contributed by atoms with Gasteiger partial charge in [0.15, 0.2) is 0 Å². The minimum Gasteiger partial charge on any atom is -0.497 e. The topological polar surface area (TPSA) is 62.1 Å². The molecule has 8 heteroatoms. The molecule has 0 spiro atoms. The fraction of sp³-hybridized carbons (Fsp3) is 0.300. The minimum atomic E-state index is -5.09. The van der Waals surface area contributed by atoms with Crippen molar-refractivity contribution in [2.75, 3.05) is 7.11 Å². The fourth-order valence-electron chi connectivity index (χ4n) is 2.95. The van der Waals surface area contributed by atoms with Gasteiger partial charge in [-0.15, -0.1) is 0 Å². The summed E-state index contributed by atoms with van der Waals surface area (Å²) in [6.07, 6.45) is -5.16. The number of hydrazone groups is 1. The molecule has 0 bridgehead atoms. The average Bonchev–Trinajstić information content (AvgIpc) is 3.06. The molecular formula is C20H19F3N2O3. The first kappa shape index (κ1) is 19.9. The summed E-state index contributed by atoms with van der Waals surface area (Å²) in [5, 5.41) is 14.4. The van der Waals surface area contributed by atoms with E-state index in [0.717, 1.165) is 12.0 Å². The average molecular weight is 392 g/mol. The van der Waals surface area contributed by atoms with E-state index in [2.05, 4.69) is 5.10 Å². The highest BCUT2D eigenvalue weighted by Crippen LogP contribution is 2.42. The van der Waals surface area contributed by atoms with Crippen LogP contribution in [0.2, 0.25) is 0 Å². The number of amides is 1. The third-order valence-electron chi connectivity index (χ3n) is 4.64.